The summed E-state index contributed by atoms with van der Waals surface area (Å²) in [5, 5.41) is 15.9. The van der Waals surface area contributed by atoms with Gasteiger partial charge in [-0.15, -0.1) is 0 Å². The van der Waals surface area contributed by atoms with Crippen molar-refractivity contribution in [3.05, 3.63) is 18.0 Å². The van der Waals surface area contributed by atoms with Crippen LogP contribution in [0.5, 0.6) is 0 Å². The van der Waals surface area contributed by atoms with Crippen molar-refractivity contribution in [1.82, 2.24) is 15.1 Å². The molecular weight excluding hydrogens is 154 g/mol. The van der Waals surface area contributed by atoms with E-state index < -0.39 is 0 Å². The second-order valence-corrected chi connectivity index (χ2v) is 2.99. The third kappa shape index (κ3) is 2.64. The molecule has 0 aliphatic carbocycles. The van der Waals surface area contributed by atoms with E-state index in [-0.39, 0.29) is 12.6 Å². The normalized spacial score (nSPS) is 13.2. The van der Waals surface area contributed by atoms with Gasteiger partial charge >= 0.3 is 0 Å². The molecule has 1 aromatic rings. The average Bonchev–Trinajstić information content (AvgIpc) is 2.47. The summed E-state index contributed by atoms with van der Waals surface area (Å²) in [5.41, 5.74) is 1.14. The maximum atomic E-state index is 8.73. The molecule has 0 aliphatic rings. The number of nitrogens with one attached hydrogen (secondary N) is 1. The third-order valence-corrected chi connectivity index (χ3v) is 1.69. The van der Waals surface area contributed by atoms with Crippen LogP contribution in [0.15, 0.2) is 12.4 Å². The highest BCUT2D eigenvalue weighted by Crippen LogP contribution is 1.95. The van der Waals surface area contributed by atoms with Gasteiger partial charge in [-0.2, -0.15) is 5.10 Å². The first-order valence-electron chi connectivity index (χ1n) is 4.04. The van der Waals surface area contributed by atoms with Gasteiger partial charge in [0.2, 0.25) is 0 Å². The van der Waals surface area contributed by atoms with Crippen molar-refractivity contribution in [2.24, 2.45) is 7.05 Å². The van der Waals surface area contributed by atoms with E-state index in [2.05, 4.69) is 10.4 Å². The molecule has 1 aromatic heterocycles. The van der Waals surface area contributed by atoms with Gasteiger partial charge in [0.15, 0.2) is 0 Å². The van der Waals surface area contributed by atoms with E-state index in [1.807, 2.05) is 26.4 Å². The molecule has 4 heteroatoms. The molecule has 0 amide bonds. The Bertz CT molecular complexity index is 234. The molecule has 0 fully saturated rings. The first-order valence-corrected chi connectivity index (χ1v) is 4.04. The first kappa shape index (κ1) is 9.22. The predicted octanol–water partition coefficient (Wildman–Crippen LogP) is -0.110. The van der Waals surface area contributed by atoms with Crippen LogP contribution in [-0.4, -0.2) is 27.5 Å². The number of aliphatic hydroxyl groups is 1. The van der Waals surface area contributed by atoms with Crippen LogP contribution in [-0.2, 0) is 13.6 Å². The molecule has 1 heterocycles. The van der Waals surface area contributed by atoms with Gasteiger partial charge in [-0.25, -0.2) is 0 Å². The van der Waals surface area contributed by atoms with Crippen LogP contribution in [0.2, 0.25) is 0 Å². The van der Waals surface area contributed by atoms with E-state index in [0.29, 0.717) is 0 Å². The Morgan fingerprint density at radius 1 is 1.75 bits per heavy atom. The molecule has 0 bridgehead atoms. The lowest BCUT2D eigenvalue weighted by molar-refractivity contribution is 0.251. The number of hydrogen-bond donors (Lipinski definition) is 2. The molecule has 1 atom stereocenters. The topological polar surface area (TPSA) is 50.1 Å². The van der Waals surface area contributed by atoms with Crippen LogP contribution in [0.1, 0.15) is 12.5 Å². The molecule has 0 radical (unpaired) electrons. The number of aliphatic hydroxyl groups excluding tert-OH is 1. The zero-order chi connectivity index (χ0) is 8.97. The summed E-state index contributed by atoms with van der Waals surface area (Å²) in [5.74, 6) is 0. The van der Waals surface area contributed by atoms with Crippen LogP contribution < -0.4 is 5.32 Å². The zero-order valence-corrected chi connectivity index (χ0v) is 7.49. The van der Waals surface area contributed by atoms with Crippen molar-refractivity contribution in [3.8, 4) is 0 Å². The van der Waals surface area contributed by atoms with Crippen molar-refractivity contribution in [2.45, 2.75) is 19.5 Å². The molecule has 12 heavy (non-hydrogen) atoms. The smallest absolute Gasteiger partial charge is 0.0582 e. The average molecular weight is 169 g/mol. The molecule has 0 unspecified atom stereocenters. The van der Waals surface area contributed by atoms with Crippen molar-refractivity contribution >= 4 is 0 Å². The van der Waals surface area contributed by atoms with E-state index in [1.165, 1.54) is 0 Å². The van der Waals surface area contributed by atoms with Crippen molar-refractivity contribution in [2.75, 3.05) is 6.61 Å². The van der Waals surface area contributed by atoms with E-state index in [1.54, 1.807) is 4.68 Å². The minimum Gasteiger partial charge on any atom is -0.395 e. The first-order chi connectivity index (χ1) is 5.72. The lowest BCUT2D eigenvalue weighted by atomic mass is 10.3. The lowest BCUT2D eigenvalue weighted by Crippen LogP contribution is -2.28. The second-order valence-electron chi connectivity index (χ2n) is 2.99. The predicted molar refractivity (Wildman–Crippen MR) is 46.6 cm³/mol. The molecule has 68 valence electrons. The van der Waals surface area contributed by atoms with Gasteiger partial charge in [0.05, 0.1) is 12.8 Å². The Morgan fingerprint density at radius 2 is 2.50 bits per heavy atom. The highest BCUT2D eigenvalue weighted by atomic mass is 16.3. The SMILES string of the molecule is C[C@H](CO)NCc1cnn(C)c1. The maximum Gasteiger partial charge on any atom is 0.0582 e. The molecule has 2 N–H and O–H groups in total. The van der Waals surface area contributed by atoms with Crippen LogP contribution in [0.25, 0.3) is 0 Å². The van der Waals surface area contributed by atoms with Gasteiger partial charge in [-0.3, -0.25) is 4.68 Å². The summed E-state index contributed by atoms with van der Waals surface area (Å²) in [6, 6.07) is 0.144. The van der Waals surface area contributed by atoms with E-state index in [0.717, 1.165) is 12.1 Å². The van der Waals surface area contributed by atoms with E-state index >= 15 is 0 Å². The summed E-state index contributed by atoms with van der Waals surface area (Å²) in [6.45, 7) is 2.87. The Balaban J connectivity index is 2.33. The number of aromatic nitrogens is 2. The summed E-state index contributed by atoms with van der Waals surface area (Å²) in [4.78, 5) is 0. The highest BCUT2D eigenvalue weighted by Gasteiger charge is 1.99. The van der Waals surface area contributed by atoms with Crippen molar-refractivity contribution < 1.29 is 5.11 Å². The molecular formula is C8H15N3O. The van der Waals surface area contributed by atoms with Crippen LogP contribution in [0, 0.1) is 0 Å². The summed E-state index contributed by atoms with van der Waals surface area (Å²) < 4.78 is 1.76. The molecule has 1 rings (SSSR count). The Hall–Kier alpha value is -0.870. The highest BCUT2D eigenvalue weighted by molar-refractivity contribution is 5.02. The number of rotatable bonds is 4. The second kappa shape index (κ2) is 4.23. The Labute approximate surface area is 72.2 Å². The zero-order valence-electron chi connectivity index (χ0n) is 7.49. The number of nitrogens with zero attached hydrogens (tertiary/aromatic N) is 2. The fourth-order valence-corrected chi connectivity index (χ4v) is 0.920. The molecule has 0 saturated carbocycles. The summed E-state index contributed by atoms with van der Waals surface area (Å²) >= 11 is 0. The Morgan fingerprint density at radius 3 is 3.00 bits per heavy atom. The largest absolute Gasteiger partial charge is 0.395 e. The third-order valence-electron chi connectivity index (χ3n) is 1.69. The monoisotopic (exact) mass is 169 g/mol. The van der Waals surface area contributed by atoms with E-state index in [9.17, 15) is 0 Å². The van der Waals surface area contributed by atoms with Crippen LogP contribution in [0.3, 0.4) is 0 Å². The molecule has 0 saturated heterocycles. The van der Waals surface area contributed by atoms with Gasteiger partial charge < -0.3 is 10.4 Å². The van der Waals surface area contributed by atoms with Crippen molar-refractivity contribution in [1.29, 1.82) is 0 Å². The van der Waals surface area contributed by atoms with Gasteiger partial charge in [0.25, 0.3) is 0 Å². The number of aryl methyl sites for hydroxylation is 1. The van der Waals surface area contributed by atoms with E-state index in [4.69, 9.17) is 5.11 Å². The van der Waals surface area contributed by atoms with Crippen LogP contribution in [0.4, 0.5) is 0 Å². The fourth-order valence-electron chi connectivity index (χ4n) is 0.920. The number of hydrogen-bond acceptors (Lipinski definition) is 3. The molecule has 0 aliphatic heterocycles. The standard InChI is InChI=1S/C8H15N3O/c1-7(6-12)9-3-8-4-10-11(2)5-8/h4-5,7,9,12H,3,6H2,1-2H3/t7-/m1/s1. The molecule has 0 spiro atoms. The van der Waals surface area contributed by atoms with Gasteiger partial charge in [0.1, 0.15) is 0 Å². The van der Waals surface area contributed by atoms with Crippen LogP contribution >= 0.6 is 0 Å². The van der Waals surface area contributed by atoms with Gasteiger partial charge in [0, 0.05) is 31.4 Å². The lowest BCUT2D eigenvalue weighted by Gasteiger charge is -2.08. The minimum atomic E-state index is 0.144. The molecule has 0 aromatic carbocycles. The Kier molecular flexibility index (Phi) is 3.25. The quantitative estimate of drug-likeness (QED) is 0.661. The molecule has 4 nitrogen and oxygen atoms in total. The van der Waals surface area contributed by atoms with Crippen molar-refractivity contribution in [3.63, 3.8) is 0 Å². The fraction of sp³-hybridized carbons (Fsp3) is 0.625. The summed E-state index contributed by atoms with van der Waals surface area (Å²) in [6.07, 6.45) is 3.77. The summed E-state index contributed by atoms with van der Waals surface area (Å²) in [7, 11) is 1.89. The van der Waals surface area contributed by atoms with Gasteiger partial charge in [-0.05, 0) is 6.92 Å². The van der Waals surface area contributed by atoms with Gasteiger partial charge in [-0.1, -0.05) is 0 Å². The maximum absolute atomic E-state index is 8.73. The minimum absolute atomic E-state index is 0.144.